The van der Waals surface area contributed by atoms with Crippen molar-refractivity contribution in [3.8, 4) is 5.75 Å². The molecule has 22 heavy (non-hydrogen) atoms. The lowest BCUT2D eigenvalue weighted by molar-refractivity contribution is 0.308. The van der Waals surface area contributed by atoms with Gasteiger partial charge in [-0.1, -0.05) is 48.0 Å². The van der Waals surface area contributed by atoms with Gasteiger partial charge >= 0.3 is 0 Å². The van der Waals surface area contributed by atoms with E-state index in [-0.39, 0.29) is 12.4 Å². The summed E-state index contributed by atoms with van der Waals surface area (Å²) in [5, 5.41) is 3.47. The van der Waals surface area contributed by atoms with Crippen LogP contribution < -0.4 is 10.1 Å². The molecule has 0 heterocycles. The lowest BCUT2D eigenvalue weighted by Gasteiger charge is -2.07. The van der Waals surface area contributed by atoms with E-state index >= 15 is 0 Å². The maximum absolute atomic E-state index is 5.65. The van der Waals surface area contributed by atoms with Crippen LogP contribution in [0.15, 0.2) is 54.6 Å². The zero-order chi connectivity index (χ0) is 14.8. The zero-order valence-electron chi connectivity index (χ0n) is 13.3. The fourth-order valence-corrected chi connectivity index (χ4v) is 2.20. The Morgan fingerprint density at radius 3 is 2.27 bits per heavy atom. The number of halogens is 1. The first kappa shape index (κ1) is 18.5. The summed E-state index contributed by atoms with van der Waals surface area (Å²) in [5.74, 6) is 0.955. The minimum atomic E-state index is 0. The van der Waals surface area contributed by atoms with E-state index in [9.17, 15) is 0 Å². The fraction of sp³-hybridized carbons (Fsp3) is 0.368. The lowest BCUT2D eigenvalue weighted by atomic mass is 10.1. The standard InChI is InChI=1S/C19H25NO.ClH/c1-17-10-12-18(13-11-17)7-5-14-20-15-6-16-21-19-8-3-2-4-9-19;/h2-4,8-13,20H,5-7,14-16H2,1H3;1H. The van der Waals surface area contributed by atoms with E-state index < -0.39 is 0 Å². The zero-order valence-corrected chi connectivity index (χ0v) is 14.1. The second-order valence-corrected chi connectivity index (χ2v) is 5.35. The number of rotatable bonds is 9. The second kappa shape index (κ2) is 11.1. The number of ether oxygens (including phenoxy) is 1. The van der Waals surface area contributed by atoms with Gasteiger partial charge in [0.2, 0.25) is 0 Å². The van der Waals surface area contributed by atoms with E-state index in [2.05, 4.69) is 36.5 Å². The monoisotopic (exact) mass is 319 g/mol. The quantitative estimate of drug-likeness (QED) is 0.691. The van der Waals surface area contributed by atoms with E-state index in [1.807, 2.05) is 30.3 Å². The predicted molar refractivity (Wildman–Crippen MR) is 96.2 cm³/mol. The molecule has 2 rings (SSSR count). The Labute approximate surface area is 140 Å². The van der Waals surface area contributed by atoms with Crippen molar-refractivity contribution >= 4 is 12.4 Å². The van der Waals surface area contributed by atoms with Crippen LogP contribution in [0.3, 0.4) is 0 Å². The molecule has 2 nitrogen and oxygen atoms in total. The van der Waals surface area contributed by atoms with Gasteiger partial charge in [-0.3, -0.25) is 0 Å². The first-order chi connectivity index (χ1) is 10.3. The van der Waals surface area contributed by atoms with E-state index in [0.717, 1.165) is 38.3 Å². The van der Waals surface area contributed by atoms with E-state index in [1.165, 1.54) is 17.5 Å². The van der Waals surface area contributed by atoms with Crippen LogP contribution in [0.2, 0.25) is 0 Å². The van der Waals surface area contributed by atoms with Gasteiger partial charge < -0.3 is 10.1 Å². The third kappa shape index (κ3) is 7.48. The van der Waals surface area contributed by atoms with Crippen LogP contribution in [-0.4, -0.2) is 19.7 Å². The molecule has 0 saturated heterocycles. The predicted octanol–water partition coefficient (Wildman–Crippen LogP) is 4.41. The van der Waals surface area contributed by atoms with E-state index in [0.29, 0.717) is 0 Å². The van der Waals surface area contributed by atoms with Gasteiger partial charge in [-0.05, 0) is 57.0 Å². The van der Waals surface area contributed by atoms with Gasteiger partial charge in [0.1, 0.15) is 5.75 Å². The molecule has 0 unspecified atom stereocenters. The number of benzene rings is 2. The summed E-state index contributed by atoms with van der Waals surface area (Å²) in [6.45, 7) is 4.98. The summed E-state index contributed by atoms with van der Waals surface area (Å²) in [6, 6.07) is 18.8. The molecule has 120 valence electrons. The maximum atomic E-state index is 5.65. The van der Waals surface area contributed by atoms with Gasteiger partial charge in [-0.25, -0.2) is 0 Å². The Morgan fingerprint density at radius 2 is 1.55 bits per heavy atom. The van der Waals surface area contributed by atoms with Crippen molar-refractivity contribution in [2.45, 2.75) is 26.2 Å². The highest BCUT2D eigenvalue weighted by Crippen LogP contribution is 2.08. The fourth-order valence-electron chi connectivity index (χ4n) is 2.20. The van der Waals surface area contributed by atoms with Crippen molar-refractivity contribution in [2.75, 3.05) is 19.7 Å². The summed E-state index contributed by atoms with van der Waals surface area (Å²) in [4.78, 5) is 0. The molecule has 1 N–H and O–H groups in total. The molecule has 2 aromatic rings. The van der Waals surface area contributed by atoms with Gasteiger partial charge in [0.25, 0.3) is 0 Å². The minimum absolute atomic E-state index is 0. The molecule has 0 spiro atoms. The Morgan fingerprint density at radius 1 is 0.864 bits per heavy atom. The summed E-state index contributed by atoms with van der Waals surface area (Å²) >= 11 is 0. The van der Waals surface area contributed by atoms with Gasteiger partial charge in [0.05, 0.1) is 6.61 Å². The smallest absolute Gasteiger partial charge is 0.119 e. The number of hydrogen-bond donors (Lipinski definition) is 1. The van der Waals surface area contributed by atoms with Gasteiger partial charge in [0, 0.05) is 0 Å². The first-order valence-electron chi connectivity index (χ1n) is 7.79. The molecule has 0 saturated carbocycles. The molecule has 0 amide bonds. The molecule has 0 aromatic heterocycles. The Bertz CT molecular complexity index is 499. The largest absolute Gasteiger partial charge is 0.494 e. The number of para-hydroxylation sites is 1. The maximum Gasteiger partial charge on any atom is 0.119 e. The summed E-state index contributed by atoms with van der Waals surface area (Å²) in [5.41, 5.74) is 2.75. The minimum Gasteiger partial charge on any atom is -0.494 e. The molecule has 3 heteroatoms. The average Bonchev–Trinajstić information content (AvgIpc) is 2.53. The van der Waals surface area contributed by atoms with Crippen molar-refractivity contribution < 1.29 is 4.74 Å². The Kier molecular flexibility index (Phi) is 9.36. The molecule has 0 aliphatic carbocycles. The van der Waals surface area contributed by atoms with Crippen LogP contribution in [0.5, 0.6) is 5.75 Å². The SMILES string of the molecule is Cc1ccc(CCCNCCCOc2ccccc2)cc1.Cl. The lowest BCUT2D eigenvalue weighted by Crippen LogP contribution is -2.19. The molecule has 0 atom stereocenters. The molecular weight excluding hydrogens is 294 g/mol. The van der Waals surface area contributed by atoms with E-state index in [4.69, 9.17) is 4.74 Å². The van der Waals surface area contributed by atoms with Crippen LogP contribution >= 0.6 is 12.4 Å². The molecule has 0 aliphatic rings. The number of aryl methyl sites for hydroxylation is 2. The highest BCUT2D eigenvalue weighted by molar-refractivity contribution is 5.85. The summed E-state index contributed by atoms with van der Waals surface area (Å²) < 4.78 is 5.65. The van der Waals surface area contributed by atoms with Crippen LogP contribution in [-0.2, 0) is 6.42 Å². The van der Waals surface area contributed by atoms with E-state index in [1.54, 1.807) is 0 Å². The van der Waals surface area contributed by atoms with Gasteiger partial charge in [-0.15, -0.1) is 12.4 Å². The Balaban J connectivity index is 0.00000242. The van der Waals surface area contributed by atoms with Crippen molar-refractivity contribution in [2.24, 2.45) is 0 Å². The third-order valence-corrected chi connectivity index (χ3v) is 3.45. The highest BCUT2D eigenvalue weighted by Gasteiger charge is 1.94. The first-order valence-corrected chi connectivity index (χ1v) is 7.79. The second-order valence-electron chi connectivity index (χ2n) is 5.35. The Hall–Kier alpha value is -1.51. The normalized spacial score (nSPS) is 10.0. The molecule has 0 radical (unpaired) electrons. The van der Waals surface area contributed by atoms with Crippen LogP contribution in [0.25, 0.3) is 0 Å². The highest BCUT2D eigenvalue weighted by atomic mass is 35.5. The molecular formula is C19H26ClNO. The molecule has 0 fully saturated rings. The van der Waals surface area contributed by atoms with Crippen LogP contribution in [0.1, 0.15) is 24.0 Å². The summed E-state index contributed by atoms with van der Waals surface area (Å²) in [7, 11) is 0. The van der Waals surface area contributed by atoms with Crippen LogP contribution in [0, 0.1) is 6.92 Å². The number of hydrogen-bond acceptors (Lipinski definition) is 2. The van der Waals surface area contributed by atoms with Crippen LogP contribution in [0.4, 0.5) is 0 Å². The molecule has 2 aromatic carbocycles. The van der Waals surface area contributed by atoms with Gasteiger partial charge in [0.15, 0.2) is 0 Å². The molecule has 0 bridgehead atoms. The third-order valence-electron chi connectivity index (χ3n) is 3.45. The van der Waals surface area contributed by atoms with Crippen molar-refractivity contribution in [3.05, 3.63) is 65.7 Å². The molecule has 0 aliphatic heterocycles. The summed E-state index contributed by atoms with van der Waals surface area (Å²) in [6.07, 6.45) is 3.37. The van der Waals surface area contributed by atoms with Gasteiger partial charge in [-0.2, -0.15) is 0 Å². The van der Waals surface area contributed by atoms with Crippen molar-refractivity contribution in [3.63, 3.8) is 0 Å². The number of nitrogens with one attached hydrogen (secondary N) is 1. The topological polar surface area (TPSA) is 21.3 Å². The van der Waals surface area contributed by atoms with Crippen molar-refractivity contribution in [1.29, 1.82) is 0 Å². The van der Waals surface area contributed by atoms with Crippen molar-refractivity contribution in [1.82, 2.24) is 5.32 Å². The average molecular weight is 320 g/mol.